The number of aliphatic hydroxyl groups is 1. The largest absolute Gasteiger partial charge is 0.502 e. The molecular weight excluding hydrogens is 411 g/mol. The van der Waals surface area contributed by atoms with E-state index in [0.29, 0.717) is 26.3 Å². The molecule has 142 valence electrons. The van der Waals surface area contributed by atoms with Crippen molar-refractivity contribution in [3.8, 4) is 0 Å². The van der Waals surface area contributed by atoms with Crippen molar-refractivity contribution >= 4 is 57.6 Å². The fourth-order valence-electron chi connectivity index (χ4n) is 2.91. The van der Waals surface area contributed by atoms with E-state index in [-0.39, 0.29) is 5.76 Å². The number of aliphatic hydroxyl groups excluding tert-OH is 1. The van der Waals surface area contributed by atoms with Gasteiger partial charge in [-0.25, -0.2) is 0 Å². The zero-order valence-electron chi connectivity index (χ0n) is 15.4. The summed E-state index contributed by atoms with van der Waals surface area (Å²) in [7, 11) is 0. The molecule has 0 saturated heterocycles. The minimum atomic E-state index is -0.00311. The summed E-state index contributed by atoms with van der Waals surface area (Å²) >= 11 is 17.8. The van der Waals surface area contributed by atoms with Gasteiger partial charge in [-0.2, -0.15) is 4.57 Å². The van der Waals surface area contributed by atoms with Crippen LogP contribution in [0.4, 0.5) is 5.69 Å². The Morgan fingerprint density at radius 3 is 2.18 bits per heavy atom. The van der Waals surface area contributed by atoms with Crippen LogP contribution in [0, 0.1) is 13.8 Å². The van der Waals surface area contributed by atoms with Gasteiger partial charge in [0.2, 0.25) is 0 Å². The molecule has 0 aliphatic rings. The SMILES string of the molecule is Cc1cc(C)cc(NC(=S)/C(=C(\O)c2ccc(Cl)c(Cl)c2)[n+]2ccccc2)c1. The maximum atomic E-state index is 11.0. The van der Waals surface area contributed by atoms with E-state index in [9.17, 15) is 5.11 Å². The van der Waals surface area contributed by atoms with E-state index in [4.69, 9.17) is 35.4 Å². The minimum absolute atomic E-state index is 0.00311. The van der Waals surface area contributed by atoms with Gasteiger partial charge in [0, 0.05) is 23.4 Å². The van der Waals surface area contributed by atoms with Crippen LogP contribution in [0.25, 0.3) is 11.5 Å². The van der Waals surface area contributed by atoms with E-state index < -0.39 is 0 Å². The first-order valence-corrected chi connectivity index (χ1v) is 9.76. The van der Waals surface area contributed by atoms with Crippen molar-refractivity contribution < 1.29 is 9.67 Å². The van der Waals surface area contributed by atoms with E-state index in [0.717, 1.165) is 16.8 Å². The van der Waals surface area contributed by atoms with E-state index in [1.807, 2.05) is 56.6 Å². The molecule has 1 aromatic heterocycles. The monoisotopic (exact) mass is 429 g/mol. The molecule has 3 aromatic rings. The maximum absolute atomic E-state index is 11.0. The number of aromatic nitrogens is 1. The van der Waals surface area contributed by atoms with Crippen LogP contribution in [-0.2, 0) is 0 Å². The van der Waals surface area contributed by atoms with Crippen molar-refractivity contribution in [3.63, 3.8) is 0 Å². The van der Waals surface area contributed by atoms with E-state index >= 15 is 0 Å². The Kier molecular flexibility index (Phi) is 6.35. The van der Waals surface area contributed by atoms with Crippen LogP contribution in [-0.4, -0.2) is 10.1 Å². The lowest BCUT2D eigenvalue weighted by atomic mass is 10.1. The van der Waals surface area contributed by atoms with Gasteiger partial charge in [0.05, 0.1) is 10.0 Å². The average molecular weight is 430 g/mol. The molecule has 0 aliphatic heterocycles. The molecule has 2 aromatic carbocycles. The Morgan fingerprint density at radius 1 is 0.929 bits per heavy atom. The fourth-order valence-corrected chi connectivity index (χ4v) is 3.53. The number of pyridine rings is 1. The standard InChI is InChI=1S/C22H18Cl2N2OS/c1-14-10-15(2)12-17(11-14)25-22(28)20(26-8-4-3-5-9-26)21(27)16-6-7-18(23)19(24)13-16/h3-13H,1-2H3,(H-,25,27,28)/p+1. The zero-order valence-corrected chi connectivity index (χ0v) is 17.7. The summed E-state index contributed by atoms with van der Waals surface area (Å²) in [5.41, 5.74) is 4.06. The number of hydrogen-bond donors (Lipinski definition) is 2. The van der Waals surface area contributed by atoms with Gasteiger partial charge in [-0.05, 0) is 55.3 Å². The Labute approximate surface area is 179 Å². The summed E-state index contributed by atoms with van der Waals surface area (Å²) in [6.45, 7) is 4.05. The van der Waals surface area contributed by atoms with Gasteiger partial charge < -0.3 is 10.4 Å². The number of aryl methyl sites for hydroxylation is 2. The van der Waals surface area contributed by atoms with Gasteiger partial charge in [0.1, 0.15) is 0 Å². The second-order valence-electron chi connectivity index (χ2n) is 6.44. The third kappa shape index (κ3) is 4.71. The summed E-state index contributed by atoms with van der Waals surface area (Å²) in [5, 5.41) is 15.0. The topological polar surface area (TPSA) is 36.1 Å². The molecule has 0 aliphatic carbocycles. The van der Waals surface area contributed by atoms with Crippen molar-refractivity contribution in [1.29, 1.82) is 0 Å². The number of rotatable bonds is 4. The van der Waals surface area contributed by atoms with Crippen LogP contribution < -0.4 is 9.88 Å². The van der Waals surface area contributed by atoms with Crippen LogP contribution in [0.1, 0.15) is 16.7 Å². The lowest BCUT2D eigenvalue weighted by Crippen LogP contribution is -2.38. The lowest BCUT2D eigenvalue weighted by Gasteiger charge is -2.11. The highest BCUT2D eigenvalue weighted by Gasteiger charge is 2.24. The molecular formula is C22H19Cl2N2OS+. The maximum Gasteiger partial charge on any atom is 0.288 e. The second kappa shape index (κ2) is 8.74. The molecule has 0 spiro atoms. The molecule has 0 radical (unpaired) electrons. The number of nitrogens with zero attached hydrogens (tertiary/aromatic N) is 1. The second-order valence-corrected chi connectivity index (χ2v) is 7.66. The van der Waals surface area contributed by atoms with E-state index in [1.165, 1.54) is 0 Å². The number of halogens is 2. The number of anilines is 1. The predicted molar refractivity (Wildman–Crippen MR) is 121 cm³/mol. The summed E-state index contributed by atoms with van der Waals surface area (Å²) < 4.78 is 1.76. The van der Waals surface area contributed by atoms with Gasteiger partial charge >= 0.3 is 0 Å². The molecule has 0 fully saturated rings. The lowest BCUT2D eigenvalue weighted by molar-refractivity contribution is -0.575. The van der Waals surface area contributed by atoms with E-state index in [2.05, 4.69) is 11.4 Å². The molecule has 0 atom stereocenters. The molecule has 1 heterocycles. The Morgan fingerprint density at radius 2 is 1.57 bits per heavy atom. The number of thiocarbonyl (C=S) groups is 1. The molecule has 0 amide bonds. The molecule has 3 nitrogen and oxygen atoms in total. The van der Waals surface area contributed by atoms with Crippen molar-refractivity contribution in [3.05, 3.63) is 93.7 Å². The Bertz CT molecular complexity index is 1050. The van der Waals surface area contributed by atoms with Crippen LogP contribution in [0.2, 0.25) is 10.0 Å². The van der Waals surface area contributed by atoms with Gasteiger partial charge in [-0.3, -0.25) is 0 Å². The van der Waals surface area contributed by atoms with Crippen molar-refractivity contribution in [2.24, 2.45) is 0 Å². The third-order valence-electron chi connectivity index (χ3n) is 4.09. The predicted octanol–water partition coefficient (Wildman–Crippen LogP) is 6.22. The summed E-state index contributed by atoms with van der Waals surface area (Å²) in [4.78, 5) is 0.379. The van der Waals surface area contributed by atoms with E-state index in [1.54, 1.807) is 22.8 Å². The number of hydrogen-bond acceptors (Lipinski definition) is 2. The van der Waals surface area contributed by atoms with Gasteiger partial charge in [0.25, 0.3) is 5.70 Å². The summed E-state index contributed by atoms with van der Waals surface area (Å²) in [6.07, 6.45) is 3.64. The van der Waals surface area contributed by atoms with Gasteiger partial charge in [-0.15, -0.1) is 0 Å². The highest BCUT2D eigenvalue weighted by atomic mass is 35.5. The normalized spacial score (nSPS) is 11.7. The Hall–Kier alpha value is -2.40. The highest BCUT2D eigenvalue weighted by molar-refractivity contribution is 7.81. The van der Waals surface area contributed by atoms with Crippen LogP contribution in [0.3, 0.4) is 0 Å². The quantitative estimate of drug-likeness (QED) is 0.223. The molecule has 0 unspecified atom stereocenters. The summed E-state index contributed by atoms with van der Waals surface area (Å²) in [5.74, 6) is -0.00311. The molecule has 2 N–H and O–H groups in total. The smallest absolute Gasteiger partial charge is 0.288 e. The fraction of sp³-hybridized carbons (Fsp3) is 0.0909. The average Bonchev–Trinajstić information content (AvgIpc) is 2.64. The first-order valence-electron chi connectivity index (χ1n) is 8.60. The van der Waals surface area contributed by atoms with Crippen LogP contribution in [0.15, 0.2) is 67.0 Å². The molecule has 0 saturated carbocycles. The van der Waals surface area contributed by atoms with Crippen molar-refractivity contribution in [2.75, 3.05) is 5.32 Å². The molecule has 0 bridgehead atoms. The van der Waals surface area contributed by atoms with Gasteiger partial charge in [-0.1, -0.05) is 47.6 Å². The minimum Gasteiger partial charge on any atom is -0.502 e. The highest BCUT2D eigenvalue weighted by Crippen LogP contribution is 2.27. The molecule has 28 heavy (non-hydrogen) atoms. The third-order valence-corrected chi connectivity index (χ3v) is 5.12. The number of nitrogens with one attached hydrogen (secondary N) is 1. The first kappa shape index (κ1) is 20.3. The zero-order chi connectivity index (χ0) is 20.3. The van der Waals surface area contributed by atoms with Crippen LogP contribution >= 0.6 is 35.4 Å². The number of benzene rings is 2. The molecule has 6 heteroatoms. The van der Waals surface area contributed by atoms with Crippen molar-refractivity contribution in [2.45, 2.75) is 13.8 Å². The van der Waals surface area contributed by atoms with Crippen LogP contribution in [0.5, 0.6) is 0 Å². The molecule has 3 rings (SSSR count). The first-order chi connectivity index (χ1) is 13.3. The summed E-state index contributed by atoms with van der Waals surface area (Å²) in [6, 6.07) is 16.7. The Balaban J connectivity index is 2.08. The van der Waals surface area contributed by atoms with Crippen molar-refractivity contribution in [1.82, 2.24) is 0 Å². The van der Waals surface area contributed by atoms with Gasteiger partial charge in [0.15, 0.2) is 23.1 Å².